The van der Waals surface area contributed by atoms with E-state index < -0.39 is 0 Å². The second-order valence-electron chi connectivity index (χ2n) is 5.53. The molecular formula is C12H22N2O2. The van der Waals surface area contributed by atoms with Gasteiger partial charge >= 0.3 is 0 Å². The molecule has 0 spiro atoms. The van der Waals surface area contributed by atoms with Crippen LogP contribution in [0.4, 0.5) is 0 Å². The SMILES string of the molecule is NCC1(C(=O)NCC2(CO)CCCC2)CC1. The van der Waals surface area contributed by atoms with Crippen LogP contribution in [0, 0.1) is 10.8 Å². The Balaban J connectivity index is 1.84. The van der Waals surface area contributed by atoms with Gasteiger partial charge in [-0.2, -0.15) is 0 Å². The summed E-state index contributed by atoms with van der Waals surface area (Å²) in [5.41, 5.74) is 5.28. The van der Waals surface area contributed by atoms with Gasteiger partial charge in [0.15, 0.2) is 0 Å². The Labute approximate surface area is 96.6 Å². The maximum absolute atomic E-state index is 11.9. The summed E-state index contributed by atoms with van der Waals surface area (Å²) in [7, 11) is 0. The van der Waals surface area contributed by atoms with Crippen LogP contribution in [0.1, 0.15) is 38.5 Å². The van der Waals surface area contributed by atoms with E-state index in [1.165, 1.54) is 12.8 Å². The predicted octanol–water partition coefficient (Wildman–Crippen LogP) is 0.394. The van der Waals surface area contributed by atoms with E-state index in [9.17, 15) is 9.90 Å². The highest BCUT2D eigenvalue weighted by molar-refractivity contribution is 5.85. The number of hydrogen-bond donors (Lipinski definition) is 3. The molecule has 2 saturated carbocycles. The molecule has 0 aromatic carbocycles. The standard InChI is InChI=1S/C12H22N2O2/c13-7-12(5-6-12)10(16)14-8-11(9-15)3-1-2-4-11/h15H,1-9,13H2,(H,14,16). The second kappa shape index (κ2) is 4.34. The zero-order valence-electron chi connectivity index (χ0n) is 9.80. The fourth-order valence-corrected chi connectivity index (χ4v) is 2.65. The summed E-state index contributed by atoms with van der Waals surface area (Å²) >= 11 is 0. The van der Waals surface area contributed by atoms with Gasteiger partial charge in [-0.3, -0.25) is 4.79 Å². The highest BCUT2D eigenvalue weighted by Gasteiger charge is 2.49. The van der Waals surface area contributed by atoms with Crippen LogP contribution in [-0.4, -0.2) is 30.7 Å². The highest BCUT2D eigenvalue weighted by Crippen LogP contribution is 2.45. The lowest BCUT2D eigenvalue weighted by molar-refractivity contribution is -0.126. The number of nitrogens with one attached hydrogen (secondary N) is 1. The van der Waals surface area contributed by atoms with Crippen molar-refractivity contribution in [3.63, 3.8) is 0 Å². The highest BCUT2D eigenvalue weighted by atomic mass is 16.3. The van der Waals surface area contributed by atoms with Crippen LogP contribution in [0.3, 0.4) is 0 Å². The first-order valence-electron chi connectivity index (χ1n) is 6.26. The zero-order valence-corrected chi connectivity index (χ0v) is 9.80. The van der Waals surface area contributed by atoms with Crippen molar-refractivity contribution in [2.24, 2.45) is 16.6 Å². The van der Waals surface area contributed by atoms with Gasteiger partial charge < -0.3 is 16.2 Å². The molecular weight excluding hydrogens is 204 g/mol. The number of carbonyl (C=O) groups excluding carboxylic acids is 1. The maximum Gasteiger partial charge on any atom is 0.227 e. The molecule has 0 atom stereocenters. The van der Waals surface area contributed by atoms with E-state index in [4.69, 9.17) is 5.73 Å². The maximum atomic E-state index is 11.9. The van der Waals surface area contributed by atoms with Crippen LogP contribution in [0.2, 0.25) is 0 Å². The molecule has 1 amide bonds. The molecule has 16 heavy (non-hydrogen) atoms. The summed E-state index contributed by atoms with van der Waals surface area (Å²) in [5, 5.41) is 12.4. The van der Waals surface area contributed by atoms with E-state index in [1.54, 1.807) is 0 Å². The lowest BCUT2D eigenvalue weighted by Gasteiger charge is -2.27. The van der Waals surface area contributed by atoms with Crippen LogP contribution in [0.5, 0.6) is 0 Å². The smallest absolute Gasteiger partial charge is 0.227 e. The molecule has 0 heterocycles. The van der Waals surface area contributed by atoms with Crippen molar-refractivity contribution in [3.8, 4) is 0 Å². The lowest BCUT2D eigenvalue weighted by atomic mass is 9.87. The van der Waals surface area contributed by atoms with Gasteiger partial charge in [-0.15, -0.1) is 0 Å². The van der Waals surface area contributed by atoms with Gasteiger partial charge in [0.1, 0.15) is 0 Å². The molecule has 2 aliphatic carbocycles. The van der Waals surface area contributed by atoms with Gasteiger partial charge in [-0.25, -0.2) is 0 Å². The van der Waals surface area contributed by atoms with Crippen molar-refractivity contribution in [3.05, 3.63) is 0 Å². The Kier molecular flexibility index (Phi) is 3.22. The number of rotatable bonds is 5. The molecule has 0 bridgehead atoms. The zero-order chi connectivity index (χ0) is 11.6. The van der Waals surface area contributed by atoms with Crippen LogP contribution >= 0.6 is 0 Å². The summed E-state index contributed by atoms with van der Waals surface area (Å²) in [6.45, 7) is 1.25. The third kappa shape index (κ3) is 2.09. The Bertz CT molecular complexity index is 268. The van der Waals surface area contributed by atoms with Gasteiger partial charge in [0, 0.05) is 18.5 Å². The Morgan fingerprint density at radius 3 is 2.31 bits per heavy atom. The van der Waals surface area contributed by atoms with Crippen molar-refractivity contribution in [2.45, 2.75) is 38.5 Å². The first-order valence-corrected chi connectivity index (χ1v) is 6.26. The number of nitrogens with two attached hydrogens (primary N) is 1. The summed E-state index contributed by atoms with van der Waals surface area (Å²) in [6, 6.07) is 0. The second-order valence-corrected chi connectivity index (χ2v) is 5.53. The van der Waals surface area contributed by atoms with Crippen molar-refractivity contribution in [1.29, 1.82) is 0 Å². The third-order valence-corrected chi connectivity index (χ3v) is 4.35. The number of carbonyl (C=O) groups is 1. The number of aliphatic hydroxyl groups excluding tert-OH is 1. The molecule has 2 rings (SSSR count). The molecule has 0 unspecified atom stereocenters. The lowest BCUT2D eigenvalue weighted by Crippen LogP contribution is -2.43. The van der Waals surface area contributed by atoms with E-state index in [-0.39, 0.29) is 23.3 Å². The van der Waals surface area contributed by atoms with Crippen LogP contribution in [0.25, 0.3) is 0 Å². The molecule has 4 heteroatoms. The number of hydrogen-bond acceptors (Lipinski definition) is 3. The summed E-state index contributed by atoms with van der Waals surface area (Å²) in [4.78, 5) is 11.9. The molecule has 2 fully saturated rings. The van der Waals surface area contributed by atoms with E-state index in [2.05, 4.69) is 5.32 Å². The van der Waals surface area contributed by atoms with Gasteiger partial charge in [-0.1, -0.05) is 12.8 Å². The molecule has 0 saturated heterocycles. The molecule has 92 valence electrons. The monoisotopic (exact) mass is 226 g/mol. The molecule has 0 aromatic rings. The average molecular weight is 226 g/mol. The number of aliphatic hydroxyl groups is 1. The average Bonchev–Trinajstić information content (AvgIpc) is 2.99. The Hall–Kier alpha value is -0.610. The quantitative estimate of drug-likeness (QED) is 0.635. The minimum atomic E-state index is -0.269. The predicted molar refractivity (Wildman–Crippen MR) is 61.7 cm³/mol. The molecule has 0 aliphatic heterocycles. The van der Waals surface area contributed by atoms with Crippen molar-refractivity contribution < 1.29 is 9.90 Å². The molecule has 4 N–H and O–H groups in total. The van der Waals surface area contributed by atoms with E-state index in [0.717, 1.165) is 25.7 Å². The summed E-state index contributed by atoms with van der Waals surface area (Å²) < 4.78 is 0. The topological polar surface area (TPSA) is 75.4 Å². The fourth-order valence-electron chi connectivity index (χ4n) is 2.65. The minimum Gasteiger partial charge on any atom is -0.396 e. The minimum absolute atomic E-state index is 0.0552. The van der Waals surface area contributed by atoms with Crippen molar-refractivity contribution in [2.75, 3.05) is 19.7 Å². The first kappa shape index (κ1) is 11.9. The van der Waals surface area contributed by atoms with Gasteiger partial charge in [0.25, 0.3) is 0 Å². The first-order chi connectivity index (χ1) is 7.66. The third-order valence-electron chi connectivity index (χ3n) is 4.35. The molecule has 0 aromatic heterocycles. The van der Waals surface area contributed by atoms with Gasteiger partial charge in [-0.05, 0) is 25.7 Å². The van der Waals surface area contributed by atoms with E-state index >= 15 is 0 Å². The Morgan fingerprint density at radius 1 is 1.25 bits per heavy atom. The van der Waals surface area contributed by atoms with Gasteiger partial charge in [0.2, 0.25) is 5.91 Å². The molecule has 0 radical (unpaired) electrons. The van der Waals surface area contributed by atoms with Crippen molar-refractivity contribution >= 4 is 5.91 Å². The summed E-state index contributed by atoms with van der Waals surface area (Å²) in [6.07, 6.45) is 6.22. The fraction of sp³-hybridized carbons (Fsp3) is 0.917. The Morgan fingerprint density at radius 2 is 1.88 bits per heavy atom. The molecule has 2 aliphatic rings. The van der Waals surface area contributed by atoms with Crippen LogP contribution in [-0.2, 0) is 4.79 Å². The number of amides is 1. The molecule has 4 nitrogen and oxygen atoms in total. The van der Waals surface area contributed by atoms with Crippen LogP contribution < -0.4 is 11.1 Å². The van der Waals surface area contributed by atoms with Crippen molar-refractivity contribution in [1.82, 2.24) is 5.32 Å². The summed E-state index contributed by atoms with van der Waals surface area (Å²) in [5.74, 6) is 0.0923. The van der Waals surface area contributed by atoms with Gasteiger partial charge in [0.05, 0.1) is 12.0 Å². The normalized spacial score (nSPS) is 25.4. The van der Waals surface area contributed by atoms with E-state index in [1.807, 2.05) is 0 Å². The largest absolute Gasteiger partial charge is 0.396 e. The van der Waals surface area contributed by atoms with Crippen LogP contribution in [0.15, 0.2) is 0 Å². The van der Waals surface area contributed by atoms with E-state index in [0.29, 0.717) is 13.1 Å².